The fraction of sp³-hybridized carbons (Fsp3) is 1.00. The van der Waals surface area contributed by atoms with Crippen molar-refractivity contribution < 1.29 is 10.2 Å². The van der Waals surface area contributed by atoms with E-state index in [-0.39, 0.29) is 6.61 Å². The van der Waals surface area contributed by atoms with Crippen LogP contribution in [-0.4, -0.2) is 22.4 Å². The van der Waals surface area contributed by atoms with E-state index in [1.165, 1.54) is 57.8 Å². The fourth-order valence-electron chi connectivity index (χ4n) is 9.55. The van der Waals surface area contributed by atoms with Gasteiger partial charge in [0.1, 0.15) is 0 Å². The van der Waals surface area contributed by atoms with Gasteiger partial charge >= 0.3 is 0 Å². The van der Waals surface area contributed by atoms with Crippen molar-refractivity contribution in [2.24, 2.45) is 52.3 Å². The topological polar surface area (TPSA) is 40.5 Å². The normalized spacial score (nSPS) is 48.9. The van der Waals surface area contributed by atoms with Crippen molar-refractivity contribution in [1.29, 1.82) is 0 Å². The summed E-state index contributed by atoms with van der Waals surface area (Å²) in [5, 5.41) is 19.8. The molecule has 10 atom stereocenters. The van der Waals surface area contributed by atoms with E-state index < -0.39 is 5.60 Å². The minimum atomic E-state index is -0.704. The Morgan fingerprint density at radius 2 is 1.63 bits per heavy atom. The summed E-state index contributed by atoms with van der Waals surface area (Å²) in [6.45, 7) is 12.3. The van der Waals surface area contributed by atoms with Gasteiger partial charge in [-0.3, -0.25) is 0 Å². The molecule has 2 nitrogen and oxygen atoms in total. The summed E-state index contributed by atoms with van der Waals surface area (Å²) >= 11 is 0. The molecule has 0 radical (unpaired) electrons. The van der Waals surface area contributed by atoms with Crippen molar-refractivity contribution in [2.75, 3.05) is 6.61 Å². The van der Waals surface area contributed by atoms with Crippen LogP contribution in [0, 0.1) is 52.3 Å². The van der Waals surface area contributed by atoms with Crippen LogP contribution in [0.2, 0.25) is 0 Å². The molecule has 2 N–H and O–H groups in total. The first-order chi connectivity index (χ1) is 14.1. The lowest BCUT2D eigenvalue weighted by Crippen LogP contribution is -2.53. The summed E-state index contributed by atoms with van der Waals surface area (Å²) in [6.07, 6.45) is 15.7. The third-order valence-corrected chi connectivity index (χ3v) is 11.5. The highest BCUT2D eigenvalue weighted by Crippen LogP contribution is 2.68. The van der Waals surface area contributed by atoms with Crippen LogP contribution in [0.5, 0.6) is 0 Å². The molecule has 4 rings (SSSR count). The number of rotatable bonds is 6. The highest BCUT2D eigenvalue weighted by atomic mass is 16.3. The Labute approximate surface area is 186 Å². The molecule has 174 valence electrons. The van der Waals surface area contributed by atoms with Crippen molar-refractivity contribution in [2.45, 2.75) is 117 Å². The first-order valence-corrected chi connectivity index (χ1v) is 13.4. The Hall–Kier alpha value is -0.0800. The first kappa shape index (κ1) is 23.1. The van der Waals surface area contributed by atoms with Gasteiger partial charge in [-0.1, -0.05) is 34.1 Å². The molecule has 0 aromatic rings. The quantitative estimate of drug-likeness (QED) is 0.496. The smallest absolute Gasteiger partial charge is 0.0641 e. The predicted octanol–water partition coefficient (Wildman–Crippen LogP) is 6.83. The number of aliphatic hydroxyl groups excluding tert-OH is 1. The SMILES string of the molecule is CC1CCC2(C)C(CCC3C2CCC2(C)C(C(C)CCC(C)(O)CCO)CCC32)C1. The van der Waals surface area contributed by atoms with E-state index in [0.717, 1.165) is 48.3 Å². The van der Waals surface area contributed by atoms with E-state index in [4.69, 9.17) is 0 Å². The molecule has 4 aliphatic carbocycles. The lowest BCUT2D eigenvalue weighted by atomic mass is 9.44. The summed E-state index contributed by atoms with van der Waals surface area (Å²) in [7, 11) is 0. The molecule has 4 fully saturated rings. The second kappa shape index (κ2) is 8.36. The van der Waals surface area contributed by atoms with E-state index >= 15 is 0 Å². The van der Waals surface area contributed by atoms with Crippen LogP contribution < -0.4 is 0 Å². The van der Waals surface area contributed by atoms with Crippen molar-refractivity contribution >= 4 is 0 Å². The zero-order chi connectivity index (χ0) is 21.7. The molecule has 0 heterocycles. The predicted molar refractivity (Wildman–Crippen MR) is 125 cm³/mol. The van der Waals surface area contributed by atoms with Gasteiger partial charge in [-0.2, -0.15) is 0 Å². The number of hydrogen-bond donors (Lipinski definition) is 2. The second-order valence-corrected chi connectivity index (χ2v) is 13.3. The second-order valence-electron chi connectivity index (χ2n) is 13.3. The summed E-state index contributed by atoms with van der Waals surface area (Å²) in [6, 6.07) is 0. The van der Waals surface area contributed by atoms with Gasteiger partial charge in [0.15, 0.2) is 0 Å². The molecule has 0 bridgehead atoms. The van der Waals surface area contributed by atoms with Crippen LogP contribution >= 0.6 is 0 Å². The summed E-state index contributed by atoms with van der Waals surface area (Å²) in [5.74, 6) is 6.37. The number of fused-ring (bicyclic) bond motifs is 5. The first-order valence-electron chi connectivity index (χ1n) is 13.4. The van der Waals surface area contributed by atoms with Gasteiger partial charge < -0.3 is 10.2 Å². The minimum absolute atomic E-state index is 0.0895. The zero-order valence-corrected chi connectivity index (χ0v) is 20.6. The Morgan fingerprint density at radius 1 is 0.933 bits per heavy atom. The largest absolute Gasteiger partial charge is 0.396 e. The maximum absolute atomic E-state index is 10.6. The molecule has 4 saturated carbocycles. The fourth-order valence-corrected chi connectivity index (χ4v) is 9.55. The molecule has 2 heteroatoms. The van der Waals surface area contributed by atoms with Gasteiger partial charge in [-0.05, 0) is 130 Å². The average Bonchev–Trinajstić information content (AvgIpc) is 3.04. The molecular formula is C28H50O2. The highest BCUT2D eigenvalue weighted by molar-refractivity contribution is 5.09. The standard InChI is InChI=1S/C28H50O2/c1-19-10-14-27(4)21(18-19)6-7-22-24-9-8-23(28(24,5)15-12-25(22)27)20(2)11-13-26(3,30)16-17-29/h19-25,29-30H,6-18H2,1-5H3. The van der Waals surface area contributed by atoms with E-state index in [9.17, 15) is 10.2 Å². The van der Waals surface area contributed by atoms with Gasteiger partial charge in [-0.25, -0.2) is 0 Å². The average molecular weight is 419 g/mol. The van der Waals surface area contributed by atoms with E-state index in [1.54, 1.807) is 0 Å². The lowest BCUT2D eigenvalue weighted by molar-refractivity contribution is -0.120. The number of hydrogen-bond acceptors (Lipinski definition) is 2. The number of aliphatic hydroxyl groups is 2. The molecule has 0 amide bonds. The van der Waals surface area contributed by atoms with Crippen LogP contribution in [0.15, 0.2) is 0 Å². The van der Waals surface area contributed by atoms with Gasteiger partial charge in [-0.15, -0.1) is 0 Å². The van der Waals surface area contributed by atoms with Gasteiger partial charge in [0, 0.05) is 6.61 Å². The zero-order valence-electron chi connectivity index (χ0n) is 20.6. The van der Waals surface area contributed by atoms with Crippen LogP contribution in [0.1, 0.15) is 112 Å². The lowest BCUT2D eigenvalue weighted by Gasteiger charge is -2.61. The molecule has 0 aromatic heterocycles. The molecule has 4 aliphatic rings. The molecule has 0 aromatic carbocycles. The summed E-state index contributed by atoms with van der Waals surface area (Å²) in [5.41, 5.74) is 0.447. The maximum atomic E-state index is 10.6. The molecular weight excluding hydrogens is 368 g/mol. The Morgan fingerprint density at radius 3 is 2.37 bits per heavy atom. The van der Waals surface area contributed by atoms with Crippen molar-refractivity contribution in [3.8, 4) is 0 Å². The van der Waals surface area contributed by atoms with Gasteiger partial charge in [0.05, 0.1) is 5.60 Å². The van der Waals surface area contributed by atoms with Crippen molar-refractivity contribution in [3.63, 3.8) is 0 Å². The van der Waals surface area contributed by atoms with Crippen LogP contribution in [0.3, 0.4) is 0 Å². The molecule has 10 unspecified atom stereocenters. The third-order valence-electron chi connectivity index (χ3n) is 11.5. The molecule has 0 saturated heterocycles. The Kier molecular flexibility index (Phi) is 6.44. The molecule has 0 spiro atoms. The monoisotopic (exact) mass is 418 g/mol. The van der Waals surface area contributed by atoms with E-state index in [0.29, 0.717) is 23.2 Å². The Bertz CT molecular complexity index is 599. The highest BCUT2D eigenvalue weighted by Gasteiger charge is 2.60. The van der Waals surface area contributed by atoms with E-state index in [2.05, 4.69) is 27.7 Å². The van der Waals surface area contributed by atoms with Crippen LogP contribution in [0.4, 0.5) is 0 Å². The minimum Gasteiger partial charge on any atom is -0.396 e. The van der Waals surface area contributed by atoms with Crippen LogP contribution in [0.25, 0.3) is 0 Å². The summed E-state index contributed by atoms with van der Waals surface area (Å²) < 4.78 is 0. The Balaban J connectivity index is 1.45. The molecule has 30 heavy (non-hydrogen) atoms. The van der Waals surface area contributed by atoms with E-state index in [1.807, 2.05) is 6.92 Å². The maximum Gasteiger partial charge on any atom is 0.0641 e. The van der Waals surface area contributed by atoms with Crippen molar-refractivity contribution in [3.05, 3.63) is 0 Å². The van der Waals surface area contributed by atoms with Gasteiger partial charge in [0.2, 0.25) is 0 Å². The third kappa shape index (κ3) is 3.91. The summed E-state index contributed by atoms with van der Waals surface area (Å²) in [4.78, 5) is 0. The van der Waals surface area contributed by atoms with Crippen LogP contribution in [-0.2, 0) is 0 Å². The molecule has 0 aliphatic heterocycles. The van der Waals surface area contributed by atoms with Gasteiger partial charge in [0.25, 0.3) is 0 Å². The van der Waals surface area contributed by atoms with Crippen molar-refractivity contribution in [1.82, 2.24) is 0 Å².